The zero-order chi connectivity index (χ0) is 12.0. The fourth-order valence-electron chi connectivity index (χ4n) is 1.48. The largest absolute Gasteiger partial charge is 0.354 e. The third-order valence-corrected chi connectivity index (χ3v) is 3.23. The first-order chi connectivity index (χ1) is 7.69. The van der Waals surface area contributed by atoms with Crippen molar-refractivity contribution in [2.24, 2.45) is 0 Å². The van der Waals surface area contributed by atoms with Crippen molar-refractivity contribution >= 4 is 37.7 Å². The van der Waals surface area contributed by atoms with Crippen molar-refractivity contribution in [2.75, 3.05) is 31.6 Å². The molecule has 0 aromatic carbocycles. The Morgan fingerprint density at radius 1 is 1.38 bits per heavy atom. The monoisotopic (exact) mass is 349 g/mol. The van der Waals surface area contributed by atoms with E-state index in [0.717, 1.165) is 40.8 Å². The minimum atomic E-state index is 0.962. The number of nitrogens with one attached hydrogen (secondary N) is 1. The van der Waals surface area contributed by atoms with E-state index < -0.39 is 0 Å². The molecule has 0 radical (unpaired) electrons. The van der Waals surface area contributed by atoms with Gasteiger partial charge in [0, 0.05) is 30.3 Å². The van der Waals surface area contributed by atoms with E-state index in [0.29, 0.717) is 0 Å². The van der Waals surface area contributed by atoms with E-state index in [-0.39, 0.29) is 0 Å². The van der Waals surface area contributed by atoms with Gasteiger partial charge in [0.2, 0.25) is 0 Å². The van der Waals surface area contributed by atoms with Crippen LogP contribution in [-0.2, 0) is 0 Å². The second-order valence-electron chi connectivity index (χ2n) is 3.55. The summed E-state index contributed by atoms with van der Waals surface area (Å²) in [5.41, 5.74) is 0. The number of aromatic nitrogens is 1. The lowest BCUT2D eigenvalue weighted by Crippen LogP contribution is -2.32. The van der Waals surface area contributed by atoms with Gasteiger partial charge in [-0.1, -0.05) is 6.92 Å². The summed E-state index contributed by atoms with van der Waals surface area (Å²) in [5, 5.41) is 3.16. The number of rotatable bonds is 6. The summed E-state index contributed by atoms with van der Waals surface area (Å²) in [6.07, 6.45) is 2.95. The van der Waals surface area contributed by atoms with E-state index in [2.05, 4.69) is 54.0 Å². The highest BCUT2D eigenvalue weighted by Crippen LogP contribution is 2.26. The number of hydrogen-bond donors (Lipinski definition) is 1. The van der Waals surface area contributed by atoms with Crippen LogP contribution in [0.25, 0.3) is 0 Å². The fraction of sp³-hybridized carbons (Fsp3) is 0.545. The van der Waals surface area contributed by atoms with Gasteiger partial charge < -0.3 is 10.2 Å². The second-order valence-corrected chi connectivity index (χ2v) is 5.32. The molecule has 3 nitrogen and oxygen atoms in total. The molecule has 0 spiro atoms. The third-order valence-electron chi connectivity index (χ3n) is 2.21. The van der Waals surface area contributed by atoms with Gasteiger partial charge in [-0.05, 0) is 51.4 Å². The Balaban J connectivity index is 2.82. The molecule has 0 atom stereocenters. The molecule has 0 bridgehead atoms. The maximum Gasteiger partial charge on any atom is 0.142 e. The average Bonchev–Trinajstić information content (AvgIpc) is 2.25. The first-order valence-electron chi connectivity index (χ1n) is 5.39. The summed E-state index contributed by atoms with van der Waals surface area (Å²) >= 11 is 6.97. The van der Waals surface area contributed by atoms with Crippen LogP contribution in [-0.4, -0.2) is 31.7 Å². The number of pyridine rings is 1. The molecule has 5 heteroatoms. The van der Waals surface area contributed by atoms with E-state index in [1.54, 1.807) is 0 Å². The lowest BCUT2D eigenvalue weighted by atomic mass is 10.3. The molecule has 16 heavy (non-hydrogen) atoms. The third kappa shape index (κ3) is 4.03. The lowest BCUT2D eigenvalue weighted by molar-refractivity contribution is 0.701. The summed E-state index contributed by atoms with van der Waals surface area (Å²) < 4.78 is 2.03. The Bertz CT molecular complexity index is 331. The first-order valence-corrected chi connectivity index (χ1v) is 6.98. The summed E-state index contributed by atoms with van der Waals surface area (Å²) in [7, 11) is 1.97. The Kier molecular flexibility index (Phi) is 6.31. The Hall–Kier alpha value is -0.130. The first kappa shape index (κ1) is 13.9. The van der Waals surface area contributed by atoms with E-state index in [1.807, 2.05) is 19.3 Å². The van der Waals surface area contributed by atoms with E-state index in [1.165, 1.54) is 0 Å². The highest BCUT2D eigenvalue weighted by Gasteiger charge is 2.10. The van der Waals surface area contributed by atoms with Gasteiger partial charge in [0.05, 0.1) is 4.47 Å². The van der Waals surface area contributed by atoms with Crippen LogP contribution in [0.15, 0.2) is 21.2 Å². The summed E-state index contributed by atoms with van der Waals surface area (Å²) in [5.74, 6) is 1.01. The van der Waals surface area contributed by atoms with E-state index in [4.69, 9.17) is 0 Å². The van der Waals surface area contributed by atoms with Crippen LogP contribution in [0.2, 0.25) is 0 Å². The van der Waals surface area contributed by atoms with Crippen molar-refractivity contribution in [3.8, 4) is 0 Å². The fourth-order valence-corrected chi connectivity index (χ4v) is 2.72. The van der Waals surface area contributed by atoms with Gasteiger partial charge in [-0.15, -0.1) is 0 Å². The molecule has 1 aromatic heterocycles. The van der Waals surface area contributed by atoms with Gasteiger partial charge in [-0.3, -0.25) is 0 Å². The van der Waals surface area contributed by atoms with Crippen LogP contribution in [0.4, 0.5) is 5.82 Å². The molecular formula is C11H17Br2N3. The number of likely N-dealkylation sites (N-methyl/N-ethyl adjacent to an activating group) is 1. The molecule has 0 unspecified atom stereocenters. The van der Waals surface area contributed by atoms with Gasteiger partial charge in [0.25, 0.3) is 0 Å². The van der Waals surface area contributed by atoms with Gasteiger partial charge in [-0.2, -0.15) is 0 Å². The van der Waals surface area contributed by atoms with Crippen molar-refractivity contribution < 1.29 is 0 Å². The molecule has 0 amide bonds. The molecule has 0 aliphatic carbocycles. The molecule has 1 rings (SSSR count). The number of anilines is 1. The maximum absolute atomic E-state index is 4.45. The summed E-state index contributed by atoms with van der Waals surface area (Å²) in [6.45, 7) is 5.13. The quantitative estimate of drug-likeness (QED) is 0.854. The van der Waals surface area contributed by atoms with Gasteiger partial charge in [-0.25, -0.2) is 4.98 Å². The average molecular weight is 351 g/mol. The second kappa shape index (κ2) is 7.25. The SMILES string of the molecule is CCCN(CCNC)c1ncc(Br)cc1Br. The van der Waals surface area contributed by atoms with E-state index >= 15 is 0 Å². The molecule has 1 heterocycles. The maximum atomic E-state index is 4.45. The zero-order valence-electron chi connectivity index (χ0n) is 9.63. The molecular weight excluding hydrogens is 334 g/mol. The Labute approximate surface area is 114 Å². The number of halogens is 2. The molecule has 1 N–H and O–H groups in total. The minimum absolute atomic E-state index is 0.962. The zero-order valence-corrected chi connectivity index (χ0v) is 12.8. The Morgan fingerprint density at radius 3 is 2.69 bits per heavy atom. The van der Waals surface area contributed by atoms with Crippen LogP contribution in [0, 0.1) is 0 Å². The summed E-state index contributed by atoms with van der Waals surface area (Å²) in [6, 6.07) is 2.03. The standard InChI is InChI=1S/C11H17Br2N3/c1-3-5-16(6-4-14-2)11-10(13)7-9(12)8-15-11/h7-8,14H,3-6H2,1-2H3. The van der Waals surface area contributed by atoms with Crippen LogP contribution < -0.4 is 10.2 Å². The predicted octanol–water partition coefficient (Wildman–Crippen LogP) is 3.04. The molecule has 0 aliphatic rings. The van der Waals surface area contributed by atoms with E-state index in [9.17, 15) is 0 Å². The smallest absolute Gasteiger partial charge is 0.142 e. The highest BCUT2D eigenvalue weighted by molar-refractivity contribution is 9.11. The van der Waals surface area contributed by atoms with Crippen LogP contribution >= 0.6 is 31.9 Å². The van der Waals surface area contributed by atoms with Crippen molar-refractivity contribution in [1.82, 2.24) is 10.3 Å². The molecule has 0 saturated heterocycles. The van der Waals surface area contributed by atoms with Crippen LogP contribution in [0.3, 0.4) is 0 Å². The topological polar surface area (TPSA) is 28.2 Å². The number of nitrogens with zero attached hydrogens (tertiary/aromatic N) is 2. The molecule has 0 aliphatic heterocycles. The van der Waals surface area contributed by atoms with Gasteiger partial charge >= 0.3 is 0 Å². The predicted molar refractivity (Wildman–Crippen MR) is 76.1 cm³/mol. The van der Waals surface area contributed by atoms with Crippen LogP contribution in [0.5, 0.6) is 0 Å². The van der Waals surface area contributed by atoms with Crippen molar-refractivity contribution in [1.29, 1.82) is 0 Å². The lowest BCUT2D eigenvalue weighted by Gasteiger charge is -2.24. The molecule has 0 fully saturated rings. The number of hydrogen-bond acceptors (Lipinski definition) is 3. The molecule has 1 aromatic rings. The highest BCUT2D eigenvalue weighted by atomic mass is 79.9. The van der Waals surface area contributed by atoms with Crippen molar-refractivity contribution in [2.45, 2.75) is 13.3 Å². The Morgan fingerprint density at radius 2 is 2.12 bits per heavy atom. The van der Waals surface area contributed by atoms with Crippen LogP contribution in [0.1, 0.15) is 13.3 Å². The van der Waals surface area contributed by atoms with Gasteiger partial charge in [0.1, 0.15) is 5.82 Å². The molecule has 0 saturated carbocycles. The van der Waals surface area contributed by atoms with Crippen molar-refractivity contribution in [3.63, 3.8) is 0 Å². The van der Waals surface area contributed by atoms with Crippen molar-refractivity contribution in [3.05, 3.63) is 21.2 Å². The van der Waals surface area contributed by atoms with Gasteiger partial charge in [0.15, 0.2) is 0 Å². The minimum Gasteiger partial charge on any atom is -0.354 e. The normalized spacial score (nSPS) is 10.5. The molecule has 90 valence electrons. The summed E-state index contributed by atoms with van der Waals surface area (Å²) in [4.78, 5) is 6.74.